The summed E-state index contributed by atoms with van der Waals surface area (Å²) < 4.78 is 41.1. The first kappa shape index (κ1) is 19.0. The van der Waals surface area contributed by atoms with Crippen LogP contribution in [0, 0.1) is 0 Å². The second-order valence-corrected chi connectivity index (χ2v) is 6.72. The molecule has 1 N–H and O–H groups in total. The molecule has 0 radical (unpaired) electrons. The summed E-state index contributed by atoms with van der Waals surface area (Å²) in [6.07, 6.45) is -3.55. The number of nitrogens with zero attached hydrogens (tertiary/aromatic N) is 3. The zero-order chi connectivity index (χ0) is 20.6. The van der Waals surface area contributed by atoms with Crippen LogP contribution >= 0.6 is 0 Å². The Morgan fingerprint density at radius 2 is 1.83 bits per heavy atom. The summed E-state index contributed by atoms with van der Waals surface area (Å²) in [7, 11) is 0. The number of hydrogen-bond donors (Lipinski definition) is 1. The molecule has 29 heavy (non-hydrogen) atoms. The standard InChI is InChI=1S/C20H17F3N4O2/c21-20(22,23)19-25-14-7-2-4-9-16(14)27(19)12-17(28)24-13-6-1-3-8-15(13)26-11-5-10-18(26)29/h1-4,6-9H,5,10-12H2,(H,24,28). The smallest absolute Gasteiger partial charge is 0.323 e. The van der Waals surface area contributed by atoms with E-state index < -0.39 is 24.5 Å². The molecule has 1 saturated heterocycles. The number of para-hydroxylation sites is 4. The van der Waals surface area contributed by atoms with Crippen molar-refractivity contribution in [3.8, 4) is 0 Å². The van der Waals surface area contributed by atoms with Gasteiger partial charge >= 0.3 is 6.18 Å². The maximum absolute atomic E-state index is 13.4. The average Bonchev–Trinajstić information content (AvgIpc) is 3.26. The van der Waals surface area contributed by atoms with Crippen LogP contribution in [-0.2, 0) is 22.3 Å². The summed E-state index contributed by atoms with van der Waals surface area (Å²) >= 11 is 0. The normalized spacial score (nSPS) is 14.6. The van der Waals surface area contributed by atoms with Crippen LogP contribution in [0.25, 0.3) is 11.0 Å². The number of fused-ring (bicyclic) bond motifs is 1. The Bertz CT molecular complexity index is 1090. The highest BCUT2D eigenvalue weighted by Gasteiger charge is 2.38. The first-order chi connectivity index (χ1) is 13.8. The number of imidazole rings is 1. The van der Waals surface area contributed by atoms with E-state index in [2.05, 4.69) is 10.3 Å². The van der Waals surface area contributed by atoms with E-state index in [1.165, 1.54) is 12.1 Å². The maximum Gasteiger partial charge on any atom is 0.449 e. The lowest BCUT2D eigenvalue weighted by molar-refractivity contribution is -0.147. The van der Waals surface area contributed by atoms with E-state index in [1.54, 1.807) is 41.3 Å². The number of hydrogen-bond acceptors (Lipinski definition) is 3. The fraction of sp³-hybridized carbons (Fsp3) is 0.250. The molecular weight excluding hydrogens is 385 g/mol. The molecule has 9 heteroatoms. The van der Waals surface area contributed by atoms with Crippen molar-refractivity contribution in [1.82, 2.24) is 9.55 Å². The molecule has 0 atom stereocenters. The van der Waals surface area contributed by atoms with E-state index >= 15 is 0 Å². The quantitative estimate of drug-likeness (QED) is 0.722. The van der Waals surface area contributed by atoms with Gasteiger partial charge in [-0.15, -0.1) is 0 Å². The second kappa shape index (κ2) is 7.23. The molecule has 6 nitrogen and oxygen atoms in total. The Hall–Kier alpha value is -3.36. The molecule has 2 heterocycles. The maximum atomic E-state index is 13.4. The van der Waals surface area contributed by atoms with Gasteiger partial charge in [0, 0.05) is 13.0 Å². The summed E-state index contributed by atoms with van der Waals surface area (Å²) in [5.74, 6) is -1.82. The van der Waals surface area contributed by atoms with Gasteiger partial charge in [-0.3, -0.25) is 9.59 Å². The van der Waals surface area contributed by atoms with Crippen LogP contribution in [-0.4, -0.2) is 27.9 Å². The highest BCUT2D eigenvalue weighted by atomic mass is 19.4. The Labute approximate surface area is 163 Å². The lowest BCUT2D eigenvalue weighted by Crippen LogP contribution is -2.27. The fourth-order valence-corrected chi connectivity index (χ4v) is 3.50. The number of benzene rings is 2. The molecule has 0 saturated carbocycles. The first-order valence-electron chi connectivity index (χ1n) is 9.06. The number of alkyl halides is 3. The summed E-state index contributed by atoms with van der Waals surface area (Å²) in [6, 6.07) is 12.9. The van der Waals surface area contributed by atoms with E-state index in [-0.39, 0.29) is 16.9 Å². The van der Waals surface area contributed by atoms with Crippen LogP contribution in [0.1, 0.15) is 18.7 Å². The molecule has 150 valence electrons. The lowest BCUT2D eigenvalue weighted by Gasteiger charge is -2.20. The van der Waals surface area contributed by atoms with E-state index in [0.29, 0.717) is 24.3 Å². The van der Waals surface area contributed by atoms with Crippen LogP contribution in [0.5, 0.6) is 0 Å². The summed E-state index contributed by atoms with van der Waals surface area (Å²) in [5.41, 5.74) is 1.30. The number of anilines is 2. The van der Waals surface area contributed by atoms with Crippen molar-refractivity contribution in [2.45, 2.75) is 25.6 Å². The van der Waals surface area contributed by atoms with E-state index in [4.69, 9.17) is 0 Å². The Morgan fingerprint density at radius 1 is 1.10 bits per heavy atom. The lowest BCUT2D eigenvalue weighted by atomic mass is 10.2. The predicted molar refractivity (Wildman–Crippen MR) is 101 cm³/mol. The van der Waals surface area contributed by atoms with Gasteiger partial charge in [-0.25, -0.2) is 4.98 Å². The largest absolute Gasteiger partial charge is 0.449 e. The van der Waals surface area contributed by atoms with Crippen LogP contribution in [0.3, 0.4) is 0 Å². The molecular formula is C20H17F3N4O2. The molecule has 0 spiro atoms. The number of rotatable bonds is 4. The Morgan fingerprint density at radius 3 is 2.55 bits per heavy atom. The van der Waals surface area contributed by atoms with Crippen LogP contribution in [0.15, 0.2) is 48.5 Å². The summed E-state index contributed by atoms with van der Waals surface area (Å²) in [4.78, 5) is 29.9. The van der Waals surface area contributed by atoms with E-state index in [9.17, 15) is 22.8 Å². The molecule has 2 amide bonds. The first-order valence-corrected chi connectivity index (χ1v) is 9.06. The topological polar surface area (TPSA) is 67.2 Å². The van der Waals surface area contributed by atoms with E-state index in [1.807, 2.05) is 0 Å². The van der Waals surface area contributed by atoms with Crippen LogP contribution in [0.4, 0.5) is 24.5 Å². The Balaban J connectivity index is 1.63. The SMILES string of the molecule is O=C(Cn1c(C(F)(F)F)nc2ccccc21)Nc1ccccc1N1CCCC1=O. The molecule has 0 aliphatic carbocycles. The van der Waals surface area contributed by atoms with Gasteiger partial charge in [0.15, 0.2) is 0 Å². The number of nitrogens with one attached hydrogen (secondary N) is 1. The van der Waals surface area contributed by atoms with Crippen LogP contribution < -0.4 is 10.2 Å². The number of aromatic nitrogens is 2. The third kappa shape index (κ3) is 3.67. The number of carbonyl (C=O) groups is 2. The average molecular weight is 402 g/mol. The van der Waals surface area contributed by atoms with Gasteiger partial charge in [-0.1, -0.05) is 24.3 Å². The second-order valence-electron chi connectivity index (χ2n) is 6.72. The molecule has 1 aliphatic rings. The molecule has 4 rings (SSSR count). The van der Waals surface area contributed by atoms with Crippen molar-refractivity contribution in [1.29, 1.82) is 0 Å². The van der Waals surface area contributed by atoms with Gasteiger partial charge in [-0.05, 0) is 30.7 Å². The third-order valence-electron chi connectivity index (χ3n) is 4.75. The monoisotopic (exact) mass is 402 g/mol. The van der Waals surface area contributed by atoms with Gasteiger partial charge in [0.2, 0.25) is 17.6 Å². The summed E-state index contributed by atoms with van der Waals surface area (Å²) in [5, 5.41) is 2.64. The van der Waals surface area contributed by atoms with Gasteiger partial charge < -0.3 is 14.8 Å². The minimum atomic E-state index is -4.70. The minimum Gasteiger partial charge on any atom is -0.323 e. The van der Waals surface area contributed by atoms with Gasteiger partial charge in [-0.2, -0.15) is 13.2 Å². The molecule has 3 aromatic rings. The summed E-state index contributed by atoms with van der Waals surface area (Å²) in [6.45, 7) is -0.0201. The van der Waals surface area contributed by atoms with E-state index in [0.717, 1.165) is 11.0 Å². The third-order valence-corrected chi connectivity index (χ3v) is 4.75. The molecule has 0 unspecified atom stereocenters. The zero-order valence-electron chi connectivity index (χ0n) is 15.2. The molecule has 0 bridgehead atoms. The van der Waals surface area contributed by atoms with Crippen molar-refractivity contribution in [3.63, 3.8) is 0 Å². The molecule has 1 aromatic heterocycles. The predicted octanol–water partition coefficient (Wildman–Crippen LogP) is 3.82. The van der Waals surface area contributed by atoms with Gasteiger partial charge in [0.1, 0.15) is 6.54 Å². The fourth-order valence-electron chi connectivity index (χ4n) is 3.50. The van der Waals surface area contributed by atoms with Crippen molar-refractivity contribution in [3.05, 3.63) is 54.4 Å². The highest BCUT2D eigenvalue weighted by molar-refractivity contribution is 6.02. The van der Waals surface area contributed by atoms with Crippen molar-refractivity contribution in [2.24, 2.45) is 0 Å². The number of halogens is 3. The molecule has 1 aliphatic heterocycles. The zero-order valence-corrected chi connectivity index (χ0v) is 15.2. The molecule has 1 fully saturated rings. The van der Waals surface area contributed by atoms with Crippen molar-refractivity contribution < 1.29 is 22.8 Å². The van der Waals surface area contributed by atoms with Gasteiger partial charge in [0.25, 0.3) is 0 Å². The van der Waals surface area contributed by atoms with Crippen LogP contribution in [0.2, 0.25) is 0 Å². The number of carbonyl (C=O) groups excluding carboxylic acids is 2. The van der Waals surface area contributed by atoms with Crippen molar-refractivity contribution >= 4 is 34.2 Å². The number of amides is 2. The Kier molecular flexibility index (Phi) is 4.73. The van der Waals surface area contributed by atoms with Crippen molar-refractivity contribution in [2.75, 3.05) is 16.8 Å². The highest BCUT2D eigenvalue weighted by Crippen LogP contribution is 2.32. The molecule has 2 aromatic carbocycles. The van der Waals surface area contributed by atoms with Gasteiger partial charge in [0.05, 0.1) is 22.4 Å². The minimum absolute atomic E-state index is 0.0494.